The quantitative estimate of drug-likeness (QED) is 0.607. The molecule has 16 heavy (non-hydrogen) atoms. The van der Waals surface area contributed by atoms with E-state index >= 15 is 0 Å². The van der Waals surface area contributed by atoms with Crippen molar-refractivity contribution in [3.63, 3.8) is 0 Å². The Morgan fingerprint density at radius 3 is 3.00 bits per heavy atom. The molecule has 0 fully saturated rings. The van der Waals surface area contributed by atoms with Crippen molar-refractivity contribution >= 4 is 11.3 Å². The number of hydrogen-bond acceptors (Lipinski definition) is 4. The summed E-state index contributed by atoms with van der Waals surface area (Å²) in [6.07, 6.45) is 0.525. The van der Waals surface area contributed by atoms with Crippen molar-refractivity contribution in [2.24, 2.45) is 0 Å². The minimum absolute atomic E-state index is 0.116. The van der Waals surface area contributed by atoms with Crippen molar-refractivity contribution in [2.75, 3.05) is 26.9 Å². The van der Waals surface area contributed by atoms with E-state index in [2.05, 4.69) is 11.8 Å². The summed E-state index contributed by atoms with van der Waals surface area (Å²) in [5.41, 5.74) is 0. The van der Waals surface area contributed by atoms with Crippen molar-refractivity contribution in [2.45, 2.75) is 13.0 Å². The van der Waals surface area contributed by atoms with Gasteiger partial charge in [0.05, 0.1) is 31.3 Å². The van der Waals surface area contributed by atoms with Gasteiger partial charge in [0.25, 0.3) is 0 Å². The Morgan fingerprint density at radius 1 is 1.38 bits per heavy atom. The molecule has 0 aliphatic heterocycles. The van der Waals surface area contributed by atoms with Crippen LogP contribution in [0, 0.1) is 11.8 Å². The second-order valence-corrected chi connectivity index (χ2v) is 4.26. The molecule has 0 aliphatic carbocycles. The Morgan fingerprint density at radius 2 is 2.25 bits per heavy atom. The zero-order valence-electron chi connectivity index (χ0n) is 9.36. The van der Waals surface area contributed by atoms with E-state index in [0.717, 1.165) is 9.75 Å². The Balaban J connectivity index is 2.31. The van der Waals surface area contributed by atoms with Crippen LogP contribution < -0.4 is 0 Å². The van der Waals surface area contributed by atoms with Gasteiger partial charge >= 0.3 is 0 Å². The largest absolute Gasteiger partial charge is 0.395 e. The fraction of sp³-hybridized carbons (Fsp3) is 0.500. The molecule has 0 aromatic carbocycles. The molecule has 1 rings (SSSR count). The van der Waals surface area contributed by atoms with E-state index < -0.39 is 0 Å². The van der Waals surface area contributed by atoms with Gasteiger partial charge in [0.15, 0.2) is 0 Å². The second-order valence-electron chi connectivity index (χ2n) is 3.09. The first-order valence-corrected chi connectivity index (χ1v) is 5.93. The molecular formula is C12H16O3S. The average molecular weight is 240 g/mol. The molecule has 88 valence electrons. The summed E-state index contributed by atoms with van der Waals surface area (Å²) in [4.78, 5) is 2.17. The summed E-state index contributed by atoms with van der Waals surface area (Å²) in [5, 5.41) is 8.59. The minimum Gasteiger partial charge on any atom is -0.395 e. The summed E-state index contributed by atoms with van der Waals surface area (Å²) in [6.45, 7) is 1.95. The molecule has 0 saturated heterocycles. The van der Waals surface area contributed by atoms with E-state index in [1.165, 1.54) is 0 Å². The van der Waals surface area contributed by atoms with Crippen LogP contribution in [0.25, 0.3) is 0 Å². The van der Waals surface area contributed by atoms with Crippen LogP contribution in [0.2, 0.25) is 0 Å². The molecule has 0 spiro atoms. The third-order valence-corrected chi connectivity index (χ3v) is 2.76. The van der Waals surface area contributed by atoms with Gasteiger partial charge in [-0.25, -0.2) is 0 Å². The first-order chi connectivity index (χ1) is 7.86. The number of methoxy groups -OCH3 is 1. The fourth-order valence-corrected chi connectivity index (χ4v) is 1.86. The van der Waals surface area contributed by atoms with Gasteiger partial charge in [-0.1, -0.05) is 11.8 Å². The number of aliphatic hydroxyl groups excluding tert-OH is 1. The fourth-order valence-electron chi connectivity index (χ4n) is 1.04. The van der Waals surface area contributed by atoms with E-state index in [4.69, 9.17) is 14.6 Å². The topological polar surface area (TPSA) is 38.7 Å². The Kier molecular flexibility index (Phi) is 6.86. The van der Waals surface area contributed by atoms with E-state index in [1.807, 2.05) is 12.1 Å². The lowest BCUT2D eigenvalue weighted by molar-refractivity contribution is 0.0628. The van der Waals surface area contributed by atoms with E-state index in [0.29, 0.717) is 26.2 Å². The summed E-state index contributed by atoms with van der Waals surface area (Å²) in [5.74, 6) is 5.89. The van der Waals surface area contributed by atoms with Crippen LogP contribution in [0.5, 0.6) is 0 Å². The van der Waals surface area contributed by atoms with Gasteiger partial charge in [-0.2, -0.15) is 0 Å². The highest BCUT2D eigenvalue weighted by Crippen LogP contribution is 2.16. The van der Waals surface area contributed by atoms with Crippen molar-refractivity contribution in [1.29, 1.82) is 0 Å². The Hall–Kier alpha value is -0.860. The predicted octanol–water partition coefficient (Wildman–Crippen LogP) is 1.65. The molecule has 1 aromatic heterocycles. The molecule has 0 saturated carbocycles. The summed E-state index contributed by atoms with van der Waals surface area (Å²) >= 11 is 1.62. The lowest BCUT2D eigenvalue weighted by Crippen LogP contribution is -2.00. The molecule has 4 heteroatoms. The SMILES string of the molecule is COCCOCc1ccc(C#CCCO)s1. The maximum absolute atomic E-state index is 8.59. The predicted molar refractivity (Wildman–Crippen MR) is 64.4 cm³/mol. The highest BCUT2D eigenvalue weighted by Gasteiger charge is 1.97. The number of aliphatic hydroxyl groups is 1. The summed E-state index contributed by atoms with van der Waals surface area (Å²) in [6, 6.07) is 3.99. The molecular weight excluding hydrogens is 224 g/mol. The lowest BCUT2D eigenvalue weighted by Gasteiger charge is -2.00. The third-order valence-electron chi connectivity index (χ3n) is 1.79. The molecule has 0 atom stereocenters. The highest BCUT2D eigenvalue weighted by atomic mass is 32.1. The maximum atomic E-state index is 8.59. The minimum atomic E-state index is 0.116. The molecule has 0 amide bonds. The van der Waals surface area contributed by atoms with Gasteiger partial charge in [0, 0.05) is 18.4 Å². The van der Waals surface area contributed by atoms with Gasteiger partial charge < -0.3 is 14.6 Å². The van der Waals surface area contributed by atoms with Gasteiger partial charge in [-0.3, -0.25) is 0 Å². The molecule has 0 bridgehead atoms. The van der Waals surface area contributed by atoms with Crippen LogP contribution >= 0.6 is 11.3 Å². The number of ether oxygens (including phenoxy) is 2. The van der Waals surface area contributed by atoms with Gasteiger partial charge in [-0.05, 0) is 12.1 Å². The molecule has 1 heterocycles. The third kappa shape index (κ3) is 5.29. The van der Waals surface area contributed by atoms with Gasteiger partial charge in [0.2, 0.25) is 0 Å². The van der Waals surface area contributed by atoms with Gasteiger partial charge in [0.1, 0.15) is 0 Å². The molecule has 1 N–H and O–H groups in total. The molecule has 1 aromatic rings. The summed E-state index contributed by atoms with van der Waals surface area (Å²) < 4.78 is 10.3. The van der Waals surface area contributed by atoms with Crippen LogP contribution in [-0.2, 0) is 16.1 Å². The van der Waals surface area contributed by atoms with Crippen LogP contribution in [-0.4, -0.2) is 32.0 Å². The first kappa shape index (κ1) is 13.2. The van der Waals surface area contributed by atoms with Gasteiger partial charge in [-0.15, -0.1) is 11.3 Å². The maximum Gasteiger partial charge on any atom is 0.0810 e. The van der Waals surface area contributed by atoms with Crippen molar-refractivity contribution in [3.8, 4) is 11.8 Å². The lowest BCUT2D eigenvalue weighted by atomic mass is 10.4. The molecule has 0 unspecified atom stereocenters. The highest BCUT2D eigenvalue weighted by molar-refractivity contribution is 7.12. The van der Waals surface area contributed by atoms with Crippen LogP contribution in [0.4, 0.5) is 0 Å². The zero-order valence-corrected chi connectivity index (χ0v) is 10.2. The first-order valence-electron chi connectivity index (χ1n) is 5.12. The normalized spacial score (nSPS) is 9.88. The van der Waals surface area contributed by atoms with Crippen molar-refractivity contribution in [3.05, 3.63) is 21.9 Å². The van der Waals surface area contributed by atoms with E-state index in [9.17, 15) is 0 Å². The van der Waals surface area contributed by atoms with Crippen LogP contribution in [0.3, 0.4) is 0 Å². The zero-order chi connectivity index (χ0) is 11.6. The standard InChI is InChI=1S/C12H16O3S/c1-14-8-9-15-10-12-6-5-11(16-12)4-2-3-7-13/h5-6,13H,3,7-10H2,1H3. The molecule has 0 aliphatic rings. The smallest absolute Gasteiger partial charge is 0.0810 e. The Labute approximate surface area is 100 Å². The molecule has 3 nitrogen and oxygen atoms in total. The monoisotopic (exact) mass is 240 g/mol. The van der Waals surface area contributed by atoms with E-state index in [1.54, 1.807) is 18.4 Å². The Bertz CT molecular complexity index is 349. The number of thiophene rings is 1. The van der Waals surface area contributed by atoms with Crippen molar-refractivity contribution < 1.29 is 14.6 Å². The average Bonchev–Trinajstić information content (AvgIpc) is 2.73. The van der Waals surface area contributed by atoms with E-state index in [-0.39, 0.29) is 6.61 Å². The van der Waals surface area contributed by atoms with Crippen LogP contribution in [0.1, 0.15) is 16.2 Å². The van der Waals surface area contributed by atoms with Crippen LogP contribution in [0.15, 0.2) is 12.1 Å². The summed E-state index contributed by atoms with van der Waals surface area (Å²) in [7, 11) is 1.66. The molecule has 0 radical (unpaired) electrons. The van der Waals surface area contributed by atoms with Crippen molar-refractivity contribution in [1.82, 2.24) is 0 Å². The second kappa shape index (κ2) is 8.31. The number of hydrogen-bond donors (Lipinski definition) is 1. The number of rotatable bonds is 6.